The normalized spacial score (nSPS) is 26.9. The molecular formula is C8H13F2NO4S. The predicted octanol–water partition coefficient (Wildman–Crippen LogP) is 0.772. The van der Waals surface area contributed by atoms with Crippen molar-refractivity contribution in [2.24, 2.45) is 5.92 Å². The Balaban J connectivity index is 2.74. The van der Waals surface area contributed by atoms with E-state index in [0.717, 1.165) is 0 Å². The summed E-state index contributed by atoms with van der Waals surface area (Å²) < 4.78 is 47.8. The van der Waals surface area contributed by atoms with Gasteiger partial charge < -0.3 is 5.11 Å². The van der Waals surface area contributed by atoms with E-state index in [0.29, 0.717) is 19.3 Å². The molecule has 2 unspecified atom stereocenters. The number of halogens is 2. The van der Waals surface area contributed by atoms with Gasteiger partial charge in [-0.3, -0.25) is 4.79 Å². The molecule has 0 bridgehead atoms. The van der Waals surface area contributed by atoms with Crippen LogP contribution in [0.2, 0.25) is 0 Å². The summed E-state index contributed by atoms with van der Waals surface area (Å²) in [5.74, 6) is -5.59. The van der Waals surface area contributed by atoms with Crippen LogP contribution in [0.5, 0.6) is 0 Å². The Morgan fingerprint density at radius 1 is 1.31 bits per heavy atom. The Labute approximate surface area is 91.9 Å². The van der Waals surface area contributed by atoms with Crippen LogP contribution in [0.25, 0.3) is 0 Å². The zero-order valence-electron chi connectivity index (χ0n) is 8.40. The lowest BCUT2D eigenvalue weighted by Crippen LogP contribution is -2.46. The fraction of sp³-hybridized carbons (Fsp3) is 0.875. The largest absolute Gasteiger partial charge is 0.481 e. The van der Waals surface area contributed by atoms with E-state index in [4.69, 9.17) is 5.11 Å². The third-order valence-corrected chi connectivity index (χ3v) is 3.73. The van der Waals surface area contributed by atoms with Gasteiger partial charge in [0.25, 0.3) is 10.0 Å². The van der Waals surface area contributed by atoms with E-state index in [9.17, 15) is 22.0 Å². The second-order valence-electron chi connectivity index (χ2n) is 3.76. The first-order chi connectivity index (χ1) is 7.34. The van der Waals surface area contributed by atoms with Gasteiger partial charge in [-0.05, 0) is 12.8 Å². The molecule has 0 radical (unpaired) electrons. The lowest BCUT2D eigenvalue weighted by molar-refractivity contribution is -0.143. The number of sulfonamides is 1. The minimum atomic E-state index is -4.71. The van der Waals surface area contributed by atoms with Crippen molar-refractivity contribution in [2.75, 3.05) is 0 Å². The molecule has 0 saturated heterocycles. The highest BCUT2D eigenvalue weighted by Gasteiger charge is 2.36. The van der Waals surface area contributed by atoms with Gasteiger partial charge >= 0.3 is 11.7 Å². The van der Waals surface area contributed by atoms with Gasteiger partial charge in [-0.2, -0.15) is 8.78 Å². The molecule has 0 heterocycles. The van der Waals surface area contributed by atoms with Crippen LogP contribution in [0.1, 0.15) is 25.7 Å². The van der Waals surface area contributed by atoms with Gasteiger partial charge in [0.1, 0.15) is 0 Å². The summed E-state index contributed by atoms with van der Waals surface area (Å²) in [5.41, 5.74) is 0. The number of carboxylic acid groups (broad SMARTS) is 1. The van der Waals surface area contributed by atoms with E-state index < -0.39 is 33.7 Å². The van der Waals surface area contributed by atoms with Crippen molar-refractivity contribution in [2.45, 2.75) is 37.5 Å². The van der Waals surface area contributed by atoms with Crippen LogP contribution in [0.4, 0.5) is 8.78 Å². The number of nitrogens with one attached hydrogen (secondary N) is 1. The molecule has 0 aromatic heterocycles. The second kappa shape index (κ2) is 5.05. The highest BCUT2D eigenvalue weighted by atomic mass is 32.2. The molecule has 1 aliphatic carbocycles. The fourth-order valence-corrected chi connectivity index (χ4v) is 2.64. The molecule has 8 heteroatoms. The summed E-state index contributed by atoms with van der Waals surface area (Å²) in [6, 6.07) is -0.926. The molecule has 0 aliphatic heterocycles. The Morgan fingerprint density at radius 3 is 2.38 bits per heavy atom. The molecule has 0 aromatic carbocycles. The lowest BCUT2D eigenvalue weighted by Gasteiger charge is -2.28. The SMILES string of the molecule is O=C(O)C1CCCCC1NS(=O)(=O)C(F)F. The zero-order chi connectivity index (χ0) is 12.3. The summed E-state index contributed by atoms with van der Waals surface area (Å²) in [6.45, 7) is 0. The van der Waals surface area contributed by atoms with Crippen molar-refractivity contribution in [3.63, 3.8) is 0 Å². The van der Waals surface area contributed by atoms with Crippen LogP contribution >= 0.6 is 0 Å². The second-order valence-corrected chi connectivity index (χ2v) is 5.44. The summed E-state index contributed by atoms with van der Waals surface area (Å²) in [7, 11) is -4.71. The quantitative estimate of drug-likeness (QED) is 0.779. The maximum Gasteiger partial charge on any atom is 0.350 e. The van der Waals surface area contributed by atoms with Crippen molar-refractivity contribution >= 4 is 16.0 Å². The third kappa shape index (κ3) is 3.11. The Morgan fingerprint density at radius 2 is 1.88 bits per heavy atom. The van der Waals surface area contributed by atoms with Crippen LogP contribution in [0, 0.1) is 5.92 Å². The summed E-state index contributed by atoms with van der Waals surface area (Å²) in [5, 5.41) is 8.82. The van der Waals surface area contributed by atoms with E-state index in [-0.39, 0.29) is 6.42 Å². The van der Waals surface area contributed by atoms with Gasteiger partial charge in [-0.1, -0.05) is 12.8 Å². The first-order valence-corrected chi connectivity index (χ1v) is 6.41. The highest BCUT2D eigenvalue weighted by Crippen LogP contribution is 2.25. The molecule has 1 fully saturated rings. The zero-order valence-corrected chi connectivity index (χ0v) is 9.21. The highest BCUT2D eigenvalue weighted by molar-refractivity contribution is 7.89. The molecule has 0 aromatic rings. The number of hydrogen-bond acceptors (Lipinski definition) is 3. The summed E-state index contributed by atoms with van der Waals surface area (Å²) in [6.07, 6.45) is 1.90. The number of aliphatic carboxylic acids is 1. The van der Waals surface area contributed by atoms with Crippen LogP contribution in [0.15, 0.2) is 0 Å². The van der Waals surface area contributed by atoms with Crippen LogP contribution in [-0.2, 0) is 14.8 Å². The Kier molecular flexibility index (Phi) is 4.20. The first-order valence-electron chi connectivity index (χ1n) is 4.86. The van der Waals surface area contributed by atoms with Crippen LogP contribution < -0.4 is 4.72 Å². The van der Waals surface area contributed by atoms with Crippen molar-refractivity contribution < 1.29 is 27.1 Å². The lowest BCUT2D eigenvalue weighted by atomic mass is 9.85. The topological polar surface area (TPSA) is 83.5 Å². The number of carboxylic acids is 1. The van der Waals surface area contributed by atoms with Crippen molar-refractivity contribution in [3.8, 4) is 0 Å². The summed E-state index contributed by atoms with van der Waals surface area (Å²) >= 11 is 0. The number of rotatable bonds is 4. The number of alkyl halides is 2. The van der Waals surface area contributed by atoms with E-state index in [1.54, 1.807) is 4.72 Å². The van der Waals surface area contributed by atoms with E-state index >= 15 is 0 Å². The fourth-order valence-electron chi connectivity index (χ4n) is 1.83. The molecule has 0 amide bonds. The van der Waals surface area contributed by atoms with Crippen LogP contribution in [0.3, 0.4) is 0 Å². The van der Waals surface area contributed by atoms with Gasteiger partial charge in [0, 0.05) is 6.04 Å². The smallest absolute Gasteiger partial charge is 0.350 e. The standard InChI is InChI=1S/C8H13F2NO4S/c9-8(10)16(14,15)11-6-4-2-1-3-5(6)7(12)13/h5-6,8,11H,1-4H2,(H,12,13). The minimum Gasteiger partial charge on any atom is -0.481 e. The molecule has 1 saturated carbocycles. The van der Waals surface area contributed by atoms with Gasteiger partial charge in [-0.25, -0.2) is 13.1 Å². The maximum atomic E-state index is 12.1. The number of carbonyl (C=O) groups is 1. The minimum absolute atomic E-state index is 0.281. The summed E-state index contributed by atoms with van der Waals surface area (Å²) in [4.78, 5) is 10.8. The van der Waals surface area contributed by atoms with Gasteiger partial charge in [-0.15, -0.1) is 0 Å². The van der Waals surface area contributed by atoms with E-state index in [1.807, 2.05) is 0 Å². The number of hydrogen-bond donors (Lipinski definition) is 2. The molecule has 1 rings (SSSR count). The molecule has 0 spiro atoms. The van der Waals surface area contributed by atoms with Crippen LogP contribution in [-0.4, -0.2) is 31.3 Å². The molecule has 16 heavy (non-hydrogen) atoms. The maximum absolute atomic E-state index is 12.1. The molecule has 94 valence electrons. The molecule has 1 aliphatic rings. The van der Waals surface area contributed by atoms with Crippen molar-refractivity contribution in [1.82, 2.24) is 4.72 Å². The molecule has 2 atom stereocenters. The average Bonchev–Trinajstić information content (AvgIpc) is 2.17. The van der Waals surface area contributed by atoms with Gasteiger partial charge in [0.05, 0.1) is 5.92 Å². The van der Waals surface area contributed by atoms with Gasteiger partial charge in [0.2, 0.25) is 0 Å². The van der Waals surface area contributed by atoms with E-state index in [1.165, 1.54) is 0 Å². The predicted molar refractivity (Wildman–Crippen MR) is 51.4 cm³/mol. The Hall–Kier alpha value is -0.760. The Bertz CT molecular complexity index is 357. The van der Waals surface area contributed by atoms with Crippen molar-refractivity contribution in [3.05, 3.63) is 0 Å². The van der Waals surface area contributed by atoms with E-state index in [2.05, 4.69) is 0 Å². The van der Waals surface area contributed by atoms with Crippen molar-refractivity contribution in [1.29, 1.82) is 0 Å². The van der Waals surface area contributed by atoms with Gasteiger partial charge in [0.15, 0.2) is 0 Å². The average molecular weight is 257 g/mol. The molecular weight excluding hydrogens is 244 g/mol. The third-order valence-electron chi connectivity index (χ3n) is 2.63. The molecule has 5 nitrogen and oxygen atoms in total. The first kappa shape index (κ1) is 13.3. The monoisotopic (exact) mass is 257 g/mol. The molecule has 2 N–H and O–H groups in total.